The zero-order valence-corrected chi connectivity index (χ0v) is 17.1. The first kappa shape index (κ1) is 20.6. The maximum atomic E-state index is 12.8. The smallest absolute Gasteiger partial charge is 0.193 e. The molecule has 8 heteroatoms. The number of benzene rings is 1. The molecule has 2 rings (SSSR count). The first-order valence-corrected chi connectivity index (χ1v) is 8.11. The van der Waals surface area contributed by atoms with E-state index in [2.05, 4.69) is 15.3 Å². The van der Waals surface area contributed by atoms with E-state index in [1.54, 1.807) is 30.5 Å². The lowest BCUT2D eigenvalue weighted by atomic mass is 10.3. The summed E-state index contributed by atoms with van der Waals surface area (Å²) in [6.07, 6.45) is 1.87. The van der Waals surface area contributed by atoms with E-state index in [-0.39, 0.29) is 29.8 Å². The van der Waals surface area contributed by atoms with Gasteiger partial charge in [-0.05, 0) is 31.2 Å². The number of ether oxygens (including phenoxy) is 1. The average molecular weight is 464 g/mol. The van der Waals surface area contributed by atoms with Gasteiger partial charge in [-0.3, -0.25) is 4.99 Å². The van der Waals surface area contributed by atoms with E-state index in [4.69, 9.17) is 4.74 Å². The summed E-state index contributed by atoms with van der Waals surface area (Å²) in [6, 6.07) is 6.01. The monoisotopic (exact) mass is 464 g/mol. The lowest BCUT2D eigenvalue weighted by molar-refractivity contribution is 0.281. The van der Waals surface area contributed by atoms with Gasteiger partial charge in [0.1, 0.15) is 23.2 Å². The van der Waals surface area contributed by atoms with Gasteiger partial charge >= 0.3 is 0 Å². The number of nitrogens with one attached hydrogen (secondary N) is 1. The van der Waals surface area contributed by atoms with Gasteiger partial charge in [0.2, 0.25) is 0 Å². The number of hydrogen-bond acceptors (Lipinski definition) is 4. The third kappa shape index (κ3) is 6.60. The predicted molar refractivity (Wildman–Crippen MR) is 107 cm³/mol. The molecule has 24 heavy (non-hydrogen) atoms. The van der Waals surface area contributed by atoms with Crippen molar-refractivity contribution >= 4 is 41.3 Å². The van der Waals surface area contributed by atoms with E-state index in [9.17, 15) is 4.39 Å². The number of rotatable bonds is 6. The molecular formula is C16H22FIN4OS. The van der Waals surface area contributed by atoms with E-state index in [0.717, 1.165) is 11.0 Å². The molecule has 0 atom stereocenters. The minimum atomic E-state index is -0.267. The average Bonchev–Trinajstić information content (AvgIpc) is 2.95. The molecule has 0 radical (unpaired) electrons. The number of aryl methyl sites for hydroxylation is 1. The van der Waals surface area contributed by atoms with Crippen molar-refractivity contribution in [1.82, 2.24) is 15.2 Å². The molecule has 0 spiro atoms. The second-order valence-electron chi connectivity index (χ2n) is 4.99. The van der Waals surface area contributed by atoms with Gasteiger partial charge in [0.05, 0.1) is 13.1 Å². The Bertz CT molecular complexity index is 648. The molecule has 1 aromatic heterocycles. The number of aromatic nitrogens is 1. The van der Waals surface area contributed by atoms with Crippen molar-refractivity contribution in [1.29, 1.82) is 0 Å². The Balaban J connectivity index is 0.00000288. The van der Waals surface area contributed by atoms with Gasteiger partial charge < -0.3 is 15.0 Å². The highest BCUT2D eigenvalue weighted by Crippen LogP contribution is 2.11. The molecule has 0 aliphatic carbocycles. The molecule has 132 valence electrons. The Morgan fingerprint density at radius 1 is 1.38 bits per heavy atom. The highest BCUT2D eigenvalue weighted by Gasteiger charge is 2.07. The maximum absolute atomic E-state index is 12.8. The van der Waals surface area contributed by atoms with E-state index < -0.39 is 0 Å². The second kappa shape index (κ2) is 10.4. The van der Waals surface area contributed by atoms with Crippen LogP contribution in [0.3, 0.4) is 0 Å². The van der Waals surface area contributed by atoms with E-state index in [0.29, 0.717) is 25.4 Å². The van der Waals surface area contributed by atoms with Gasteiger partial charge in [0.25, 0.3) is 0 Å². The van der Waals surface area contributed by atoms with Crippen LogP contribution in [-0.2, 0) is 6.54 Å². The van der Waals surface area contributed by atoms with Crippen molar-refractivity contribution in [3.8, 4) is 5.75 Å². The lowest BCUT2D eigenvalue weighted by Crippen LogP contribution is -2.40. The fourth-order valence-electron chi connectivity index (χ4n) is 1.96. The molecule has 0 bridgehead atoms. The highest BCUT2D eigenvalue weighted by atomic mass is 127. The van der Waals surface area contributed by atoms with Gasteiger partial charge in [-0.2, -0.15) is 0 Å². The maximum Gasteiger partial charge on any atom is 0.193 e. The zero-order chi connectivity index (χ0) is 16.7. The van der Waals surface area contributed by atoms with E-state index in [1.807, 2.05) is 25.1 Å². The third-order valence-electron chi connectivity index (χ3n) is 3.15. The third-order valence-corrected chi connectivity index (χ3v) is 4.06. The van der Waals surface area contributed by atoms with Crippen molar-refractivity contribution in [3.63, 3.8) is 0 Å². The molecule has 0 saturated heterocycles. The highest BCUT2D eigenvalue weighted by molar-refractivity contribution is 14.0. The molecule has 0 saturated carbocycles. The topological polar surface area (TPSA) is 49.8 Å². The summed E-state index contributed by atoms with van der Waals surface area (Å²) in [4.78, 5) is 11.7. The number of thiazole rings is 1. The van der Waals surface area contributed by atoms with Crippen LogP contribution in [0.1, 0.15) is 9.88 Å². The summed E-state index contributed by atoms with van der Waals surface area (Å²) >= 11 is 1.67. The fourth-order valence-corrected chi connectivity index (χ4v) is 2.69. The van der Waals surface area contributed by atoms with Crippen LogP contribution in [-0.4, -0.2) is 43.1 Å². The van der Waals surface area contributed by atoms with Crippen molar-refractivity contribution in [2.45, 2.75) is 13.5 Å². The first-order chi connectivity index (χ1) is 11.1. The minimum Gasteiger partial charge on any atom is -0.492 e. The van der Waals surface area contributed by atoms with Gasteiger partial charge in [0.15, 0.2) is 5.96 Å². The fraction of sp³-hybridized carbons (Fsp3) is 0.375. The van der Waals surface area contributed by atoms with Gasteiger partial charge in [-0.1, -0.05) is 0 Å². The Hall–Kier alpha value is -1.42. The quantitative estimate of drug-likeness (QED) is 0.405. The first-order valence-electron chi connectivity index (χ1n) is 7.30. The molecule has 1 N–H and O–H groups in total. The number of guanidine groups is 1. The molecule has 0 unspecified atom stereocenters. The molecule has 0 aliphatic rings. The zero-order valence-electron chi connectivity index (χ0n) is 14.0. The number of nitrogens with zero attached hydrogens (tertiary/aromatic N) is 3. The van der Waals surface area contributed by atoms with Crippen LogP contribution in [0, 0.1) is 12.7 Å². The number of halogens is 2. The summed E-state index contributed by atoms with van der Waals surface area (Å²) in [5.41, 5.74) is 0. The second-order valence-corrected chi connectivity index (χ2v) is 6.31. The van der Waals surface area contributed by atoms with Crippen molar-refractivity contribution in [2.24, 2.45) is 4.99 Å². The van der Waals surface area contributed by atoms with Crippen LogP contribution in [0.5, 0.6) is 5.75 Å². The van der Waals surface area contributed by atoms with Crippen LogP contribution in [0.15, 0.2) is 35.5 Å². The number of hydrogen-bond donors (Lipinski definition) is 1. The van der Waals surface area contributed by atoms with Gasteiger partial charge in [0, 0.05) is 25.2 Å². The Labute approximate surface area is 163 Å². The number of likely N-dealkylation sites (N-methyl/N-ethyl adjacent to an activating group) is 1. The predicted octanol–water partition coefficient (Wildman–Crippen LogP) is 3.29. The molecular weight excluding hydrogens is 442 g/mol. The normalized spacial score (nSPS) is 10.9. The van der Waals surface area contributed by atoms with E-state index >= 15 is 0 Å². The molecule has 5 nitrogen and oxygen atoms in total. The molecule has 1 heterocycles. The van der Waals surface area contributed by atoms with Gasteiger partial charge in [-0.25, -0.2) is 9.37 Å². The SMILES string of the molecule is CN=C(NCc1ncc(C)s1)N(C)CCOc1ccc(F)cc1.I. The molecule has 2 aromatic rings. The summed E-state index contributed by atoms with van der Waals surface area (Å²) in [5.74, 6) is 1.16. The van der Waals surface area contributed by atoms with Crippen LogP contribution < -0.4 is 10.1 Å². The standard InChI is InChI=1S/C16H21FN4OS.HI/c1-12-10-19-15(23-12)11-20-16(18-2)21(3)8-9-22-14-6-4-13(17)5-7-14;/h4-7,10H,8-9,11H2,1-3H3,(H,18,20);1H. The largest absolute Gasteiger partial charge is 0.492 e. The van der Waals surface area contributed by atoms with Crippen molar-refractivity contribution < 1.29 is 9.13 Å². The van der Waals surface area contributed by atoms with Crippen LogP contribution in [0.4, 0.5) is 4.39 Å². The Morgan fingerprint density at radius 2 is 2.08 bits per heavy atom. The van der Waals surface area contributed by atoms with Crippen molar-refractivity contribution in [2.75, 3.05) is 27.2 Å². The molecule has 0 amide bonds. The summed E-state index contributed by atoms with van der Waals surface area (Å²) < 4.78 is 18.4. The summed E-state index contributed by atoms with van der Waals surface area (Å²) in [6.45, 7) is 3.83. The number of aliphatic imine (C=N–C) groups is 1. The summed E-state index contributed by atoms with van der Waals surface area (Å²) in [5, 5.41) is 4.30. The van der Waals surface area contributed by atoms with Crippen LogP contribution in [0.2, 0.25) is 0 Å². The van der Waals surface area contributed by atoms with Crippen LogP contribution in [0.25, 0.3) is 0 Å². The molecule has 0 fully saturated rings. The van der Waals surface area contributed by atoms with Crippen LogP contribution >= 0.6 is 35.3 Å². The van der Waals surface area contributed by atoms with Crippen molar-refractivity contribution in [3.05, 3.63) is 46.2 Å². The molecule has 1 aromatic carbocycles. The minimum absolute atomic E-state index is 0. The Morgan fingerprint density at radius 3 is 2.67 bits per heavy atom. The Kier molecular flexibility index (Phi) is 8.98. The summed E-state index contributed by atoms with van der Waals surface area (Å²) in [7, 11) is 3.68. The van der Waals surface area contributed by atoms with E-state index in [1.165, 1.54) is 17.0 Å². The molecule has 0 aliphatic heterocycles. The van der Waals surface area contributed by atoms with Gasteiger partial charge in [-0.15, -0.1) is 35.3 Å². The lowest BCUT2D eigenvalue weighted by Gasteiger charge is -2.21.